The molecule has 0 bridgehead atoms. The minimum atomic E-state index is -4.10. The molecule has 0 heterocycles. The van der Waals surface area contributed by atoms with Crippen LogP contribution in [0.3, 0.4) is 0 Å². The molecule has 0 saturated heterocycles. The van der Waals surface area contributed by atoms with Gasteiger partial charge in [-0.1, -0.05) is 0 Å². The van der Waals surface area contributed by atoms with Gasteiger partial charge in [0.25, 0.3) is 0 Å². The molecule has 0 aromatic rings. The van der Waals surface area contributed by atoms with Crippen molar-refractivity contribution < 1.29 is 14.4 Å². The molecule has 0 aromatic heterocycles. The zero-order valence-corrected chi connectivity index (χ0v) is 23.4. The van der Waals surface area contributed by atoms with E-state index in [1.54, 1.807) is 14.7 Å². The van der Waals surface area contributed by atoms with Gasteiger partial charge in [0.15, 0.2) is 0 Å². The van der Waals surface area contributed by atoms with Crippen LogP contribution in [0.4, 0.5) is 14.4 Å². The summed E-state index contributed by atoms with van der Waals surface area (Å²) in [4.78, 5) is 46.1. The van der Waals surface area contributed by atoms with Gasteiger partial charge in [0.1, 0.15) is 0 Å². The number of carbonyl (C=O) groups excluding carboxylic acids is 3. The van der Waals surface area contributed by atoms with Crippen LogP contribution in [-0.2, 0) is 0 Å². The van der Waals surface area contributed by atoms with Gasteiger partial charge in [-0.15, -0.1) is 0 Å². The van der Waals surface area contributed by atoms with E-state index in [1.165, 1.54) is 0 Å². The Balaban J connectivity index is 6.42. The monoisotopic (exact) mass is 499 g/mol. The van der Waals surface area contributed by atoms with E-state index < -0.39 is 21.4 Å². The Morgan fingerprint density at radius 3 is 0.679 bits per heavy atom. The predicted octanol–water partition coefficient (Wildman–Crippen LogP) is 4.94. The van der Waals surface area contributed by atoms with E-state index in [0.29, 0.717) is 0 Å². The van der Waals surface area contributed by atoms with E-state index >= 15 is 0 Å². The molecule has 0 aromatic carbocycles. The van der Waals surface area contributed by atoms with Crippen LogP contribution in [0.15, 0.2) is 0 Å². The number of carbonyl (C=O) groups is 3. The van der Waals surface area contributed by atoms with Crippen molar-refractivity contribution in [2.24, 2.45) is 0 Å². The van der Waals surface area contributed by atoms with Crippen LogP contribution in [0.5, 0.6) is 0 Å². The van der Waals surface area contributed by atoms with E-state index in [1.807, 2.05) is 83.1 Å². The van der Waals surface area contributed by atoms with Gasteiger partial charge in [0.05, 0.1) is 0 Å². The van der Waals surface area contributed by atoms with Crippen LogP contribution >= 0.6 is 0 Å². The van der Waals surface area contributed by atoms with E-state index in [9.17, 15) is 14.4 Å². The Kier molecular flexibility index (Phi) is 11.2. The molecule has 6 nitrogen and oxygen atoms in total. The van der Waals surface area contributed by atoms with Gasteiger partial charge in [-0.3, -0.25) is 0 Å². The first-order valence-electron chi connectivity index (χ1n) is 10.6. The molecule has 0 unspecified atom stereocenters. The number of amides is 3. The Morgan fingerprint density at radius 1 is 0.429 bits per heavy atom. The van der Waals surface area contributed by atoms with Crippen molar-refractivity contribution in [1.29, 1.82) is 0 Å². The molecule has 0 aliphatic heterocycles. The molecule has 0 N–H and O–H groups in total. The molecule has 0 radical (unpaired) electrons. The zero-order chi connectivity index (χ0) is 22.5. The van der Waals surface area contributed by atoms with E-state index in [-0.39, 0.29) is 47.2 Å². The quantitative estimate of drug-likeness (QED) is 0.452. The second-order valence-electron chi connectivity index (χ2n) is 9.23. The van der Waals surface area contributed by atoms with Crippen molar-refractivity contribution in [3.8, 4) is 0 Å². The first kappa shape index (κ1) is 27.3. The molecule has 162 valence electrons. The minimum absolute atomic E-state index is 0.0506. The zero-order valence-electron chi connectivity index (χ0n) is 20.1. The summed E-state index contributed by atoms with van der Waals surface area (Å²) < 4.78 is -0.585. The van der Waals surface area contributed by atoms with E-state index in [0.717, 1.165) is 0 Å². The molecular weight excluding hydrogens is 457 g/mol. The molecule has 0 fully saturated rings. The Morgan fingerprint density at radius 2 is 0.571 bits per heavy atom. The summed E-state index contributed by atoms with van der Waals surface area (Å²) in [6.07, 6.45) is 0. The molecular formula is C21H42InN3O3. The van der Waals surface area contributed by atoms with Crippen molar-refractivity contribution in [2.75, 3.05) is 0 Å². The van der Waals surface area contributed by atoms with Crippen LogP contribution in [0.25, 0.3) is 0 Å². The molecule has 0 atom stereocenters. The molecule has 3 amide bonds. The maximum atomic E-state index is 13.6. The van der Waals surface area contributed by atoms with Crippen molar-refractivity contribution in [3.63, 3.8) is 0 Å². The van der Waals surface area contributed by atoms with Crippen LogP contribution < -0.4 is 0 Å². The molecule has 0 aliphatic rings. The van der Waals surface area contributed by atoms with Crippen molar-refractivity contribution in [1.82, 2.24) is 14.7 Å². The summed E-state index contributed by atoms with van der Waals surface area (Å²) in [5.41, 5.74) is 0. The third-order valence-corrected chi connectivity index (χ3v) is 11.6. The number of hydrogen-bond donors (Lipinski definition) is 0. The summed E-state index contributed by atoms with van der Waals surface area (Å²) in [6.45, 7) is 23.3. The summed E-state index contributed by atoms with van der Waals surface area (Å²) in [5.74, 6) is 0. The molecule has 0 aliphatic carbocycles. The summed E-state index contributed by atoms with van der Waals surface area (Å²) in [5, 5.41) is 0. The van der Waals surface area contributed by atoms with Crippen molar-refractivity contribution >= 4 is 32.4 Å². The third kappa shape index (κ3) is 6.67. The second kappa shape index (κ2) is 11.5. The van der Waals surface area contributed by atoms with Gasteiger partial charge in [-0.25, -0.2) is 0 Å². The second-order valence-corrected chi connectivity index (χ2v) is 15.9. The van der Waals surface area contributed by atoms with Crippen molar-refractivity contribution in [2.45, 2.75) is 119 Å². The number of nitrogens with zero attached hydrogens (tertiary/aromatic N) is 3. The van der Waals surface area contributed by atoms with E-state index in [2.05, 4.69) is 0 Å². The number of hydrogen-bond acceptors (Lipinski definition) is 3. The van der Waals surface area contributed by atoms with Gasteiger partial charge in [-0.2, -0.15) is 0 Å². The Labute approximate surface area is 180 Å². The molecule has 28 heavy (non-hydrogen) atoms. The number of rotatable bonds is 9. The SMILES string of the molecule is CC(C)N([C](=O)[In]([C](=O)N(C(C)C)C(C)C)[C](=O)N(C(C)C)C(C)C)C(C)C. The molecule has 0 rings (SSSR count). The summed E-state index contributed by atoms with van der Waals surface area (Å²) >= 11 is -4.10. The fourth-order valence-corrected chi connectivity index (χ4v) is 13.5. The van der Waals surface area contributed by atoms with Crippen LogP contribution in [0, 0.1) is 0 Å². The van der Waals surface area contributed by atoms with Gasteiger partial charge < -0.3 is 0 Å². The maximum absolute atomic E-state index is 13.6. The average Bonchev–Trinajstić information content (AvgIpc) is 2.44. The van der Waals surface area contributed by atoms with Gasteiger partial charge in [0, 0.05) is 0 Å². The summed E-state index contributed by atoms with van der Waals surface area (Å²) in [7, 11) is 0. The van der Waals surface area contributed by atoms with E-state index in [4.69, 9.17) is 0 Å². The van der Waals surface area contributed by atoms with Gasteiger partial charge >= 0.3 is 181 Å². The average molecular weight is 499 g/mol. The molecule has 0 spiro atoms. The Hall–Kier alpha value is -0.720. The van der Waals surface area contributed by atoms with Gasteiger partial charge in [0.2, 0.25) is 0 Å². The fraction of sp³-hybridized carbons (Fsp3) is 0.857. The predicted molar refractivity (Wildman–Crippen MR) is 118 cm³/mol. The van der Waals surface area contributed by atoms with Crippen LogP contribution in [0.1, 0.15) is 83.1 Å². The molecule has 0 saturated carbocycles. The first-order chi connectivity index (χ1) is 12.7. The summed E-state index contributed by atoms with van der Waals surface area (Å²) in [6, 6.07) is -0.303. The van der Waals surface area contributed by atoms with Crippen molar-refractivity contribution in [3.05, 3.63) is 0 Å². The topological polar surface area (TPSA) is 60.9 Å². The van der Waals surface area contributed by atoms with Gasteiger partial charge in [-0.05, 0) is 0 Å². The van der Waals surface area contributed by atoms with Crippen LogP contribution in [0.2, 0.25) is 0 Å². The normalized spacial score (nSPS) is 11.8. The Bertz CT molecular complexity index is 445. The fourth-order valence-electron chi connectivity index (χ4n) is 4.08. The van der Waals surface area contributed by atoms with Crippen LogP contribution in [-0.4, -0.2) is 83.4 Å². The first-order valence-corrected chi connectivity index (χ1v) is 15.6. The molecule has 7 heteroatoms. The third-order valence-electron chi connectivity index (χ3n) is 4.84. The standard InChI is InChI=1S/3C7H14NO.In/c3*1-6(2)8(5-9)7(3)4;/h3*6-7H,1-4H3;.